The number of carbonyl (C=O) groups excluding carboxylic acids is 4. The fourth-order valence-corrected chi connectivity index (χ4v) is 11.0. The lowest BCUT2D eigenvalue weighted by atomic mass is 10.0. The molecule has 4 saturated carbocycles. The Morgan fingerprint density at radius 2 is 1.68 bits per heavy atom. The molecule has 320 valence electrons. The van der Waals surface area contributed by atoms with Crippen LogP contribution in [0.3, 0.4) is 0 Å². The molecule has 1 unspecified atom stereocenters. The number of benzene rings is 1. The number of ether oxygens (including phenoxy) is 2. The molecule has 60 heavy (non-hydrogen) atoms. The van der Waals surface area contributed by atoms with Gasteiger partial charge in [-0.15, -0.1) is 11.3 Å². The minimum absolute atomic E-state index is 0.0136. The van der Waals surface area contributed by atoms with Crippen LogP contribution in [-0.4, -0.2) is 94.8 Å². The summed E-state index contributed by atoms with van der Waals surface area (Å²) in [5, 5.41) is 8.70. The maximum atomic E-state index is 14.8. The number of carbonyl (C=O) groups is 4. The first-order valence-corrected chi connectivity index (χ1v) is 24.0. The Bertz CT molecular complexity index is 2270. The van der Waals surface area contributed by atoms with Gasteiger partial charge < -0.3 is 30.3 Å². The van der Waals surface area contributed by atoms with Gasteiger partial charge in [-0.1, -0.05) is 37.1 Å². The van der Waals surface area contributed by atoms with Crippen molar-refractivity contribution in [2.24, 2.45) is 5.92 Å². The number of nitrogens with one attached hydrogen (secondary N) is 4. The van der Waals surface area contributed by atoms with Crippen molar-refractivity contribution in [3.8, 4) is 16.5 Å². The summed E-state index contributed by atoms with van der Waals surface area (Å²) < 4.78 is 40.6. The summed E-state index contributed by atoms with van der Waals surface area (Å²) in [7, 11) is -3.90. The molecule has 2 aliphatic heterocycles. The van der Waals surface area contributed by atoms with Crippen LogP contribution in [0.25, 0.3) is 21.6 Å². The van der Waals surface area contributed by atoms with Crippen molar-refractivity contribution in [3.05, 3.63) is 53.4 Å². The zero-order chi connectivity index (χ0) is 41.4. The molecule has 1 aromatic carbocycles. The normalized spacial score (nSPS) is 28.2. The minimum Gasteiger partial charge on any atom is -0.471 e. The van der Waals surface area contributed by atoms with Gasteiger partial charge in [-0.2, -0.15) is 0 Å². The lowest BCUT2D eigenvalue weighted by Crippen LogP contribution is -2.58. The molecule has 0 bridgehead atoms. The highest BCUT2D eigenvalue weighted by molar-refractivity contribution is 7.91. The number of thiophene rings is 1. The number of amides is 4. The Balaban J connectivity index is 1.02. The van der Waals surface area contributed by atoms with Crippen LogP contribution in [0, 0.1) is 5.92 Å². The number of para-hydroxylation sites is 2. The number of aromatic nitrogens is 2. The van der Waals surface area contributed by atoms with Crippen molar-refractivity contribution in [1.29, 1.82) is 0 Å². The van der Waals surface area contributed by atoms with Gasteiger partial charge in [0, 0.05) is 29.8 Å². The summed E-state index contributed by atoms with van der Waals surface area (Å²) in [6.07, 6.45) is 12.6. The van der Waals surface area contributed by atoms with E-state index in [1.165, 1.54) is 17.7 Å². The first-order valence-electron chi connectivity index (χ1n) is 21.6. The smallest absolute Gasteiger partial charge is 0.408 e. The number of rotatable bonds is 11. The molecule has 4 aliphatic carbocycles. The van der Waals surface area contributed by atoms with E-state index in [2.05, 4.69) is 26.7 Å². The molecule has 2 aromatic heterocycles. The summed E-state index contributed by atoms with van der Waals surface area (Å²) in [5.74, 6) is -2.01. The Morgan fingerprint density at radius 3 is 2.45 bits per heavy atom. The van der Waals surface area contributed by atoms with Crippen LogP contribution in [0.2, 0.25) is 0 Å². The van der Waals surface area contributed by atoms with E-state index < -0.39 is 68.7 Å². The van der Waals surface area contributed by atoms with E-state index in [1.807, 2.05) is 42.5 Å². The van der Waals surface area contributed by atoms with Gasteiger partial charge in [0.2, 0.25) is 27.7 Å². The van der Waals surface area contributed by atoms with E-state index >= 15 is 0 Å². The number of hydrogen-bond donors (Lipinski definition) is 4. The maximum Gasteiger partial charge on any atom is 0.408 e. The number of sulfonamides is 1. The third-order valence-electron chi connectivity index (χ3n) is 12.6. The van der Waals surface area contributed by atoms with E-state index in [-0.39, 0.29) is 31.4 Å². The SMILES string of the molecule is O=C(N[C@H]1CCCCC/C=C\C2C[C@@]2(C(=O)NS(=O)(=O)C2CC2)NC(=O)[C@@H]2C[C@@H](Oc3nc4ccccc4nc3-c3ccc(CNC4CC4)s3)CN2C1=O)OC1CCCC1. The third-order valence-corrected chi connectivity index (χ3v) is 15.5. The average Bonchev–Trinajstić information content (AvgIpc) is 4.20. The number of hydrogen-bond acceptors (Lipinski definition) is 12. The topological polar surface area (TPSA) is 198 Å². The average molecular weight is 860 g/mol. The Labute approximate surface area is 353 Å². The molecule has 1 saturated heterocycles. The molecule has 6 aliphatic rings. The molecule has 17 heteroatoms. The summed E-state index contributed by atoms with van der Waals surface area (Å²) in [4.78, 5) is 69.8. The van der Waals surface area contributed by atoms with Crippen LogP contribution < -0.4 is 25.4 Å². The summed E-state index contributed by atoms with van der Waals surface area (Å²) in [6.45, 7) is 0.732. The first kappa shape index (κ1) is 40.8. The lowest BCUT2D eigenvalue weighted by Gasteiger charge is -2.30. The van der Waals surface area contributed by atoms with E-state index in [0.29, 0.717) is 54.9 Å². The zero-order valence-electron chi connectivity index (χ0n) is 33.6. The van der Waals surface area contributed by atoms with E-state index in [1.54, 1.807) is 11.3 Å². The van der Waals surface area contributed by atoms with E-state index in [0.717, 1.165) is 54.8 Å². The zero-order valence-corrected chi connectivity index (χ0v) is 35.2. The molecule has 4 heterocycles. The van der Waals surface area contributed by atoms with Crippen molar-refractivity contribution >= 4 is 56.2 Å². The quantitative estimate of drug-likeness (QED) is 0.190. The molecule has 15 nitrogen and oxygen atoms in total. The highest BCUT2D eigenvalue weighted by Gasteiger charge is 2.62. The largest absolute Gasteiger partial charge is 0.471 e. The van der Waals surface area contributed by atoms with E-state index in [9.17, 15) is 27.6 Å². The Hall–Kier alpha value is -4.61. The van der Waals surface area contributed by atoms with Crippen LogP contribution in [0.1, 0.15) is 101 Å². The van der Waals surface area contributed by atoms with Gasteiger partial charge in [0.1, 0.15) is 35.5 Å². The van der Waals surface area contributed by atoms with Crippen LogP contribution >= 0.6 is 11.3 Å². The fraction of sp³-hybridized carbons (Fsp3) is 0.581. The van der Waals surface area contributed by atoms with Crippen LogP contribution in [0.5, 0.6) is 5.88 Å². The molecule has 9 rings (SSSR count). The maximum absolute atomic E-state index is 14.8. The van der Waals surface area contributed by atoms with Crippen LogP contribution in [-0.2, 0) is 35.7 Å². The minimum atomic E-state index is -3.90. The van der Waals surface area contributed by atoms with Crippen LogP contribution in [0.4, 0.5) is 4.79 Å². The molecular formula is C43H53N7O8S2. The van der Waals surface area contributed by atoms with E-state index in [4.69, 9.17) is 19.4 Å². The second-order valence-corrected chi connectivity index (χ2v) is 20.4. The monoisotopic (exact) mass is 859 g/mol. The number of alkyl carbamates (subject to hydrolysis) is 1. The van der Waals surface area contributed by atoms with Crippen molar-refractivity contribution in [2.75, 3.05) is 6.54 Å². The predicted octanol–water partition coefficient (Wildman–Crippen LogP) is 5.00. The highest BCUT2D eigenvalue weighted by atomic mass is 32.2. The molecule has 3 aromatic rings. The fourth-order valence-electron chi connectivity index (χ4n) is 8.70. The summed E-state index contributed by atoms with van der Waals surface area (Å²) in [5.41, 5.74) is 0.357. The molecule has 4 N–H and O–H groups in total. The third kappa shape index (κ3) is 9.17. The predicted molar refractivity (Wildman–Crippen MR) is 224 cm³/mol. The van der Waals surface area contributed by atoms with Crippen molar-refractivity contribution in [2.45, 2.75) is 144 Å². The number of nitrogens with zero attached hydrogens (tertiary/aromatic N) is 3. The highest BCUT2D eigenvalue weighted by Crippen LogP contribution is 2.46. The van der Waals surface area contributed by atoms with Crippen molar-refractivity contribution in [3.63, 3.8) is 0 Å². The molecule has 4 amide bonds. The van der Waals surface area contributed by atoms with Gasteiger partial charge in [-0.05, 0) is 101 Å². The van der Waals surface area contributed by atoms with Gasteiger partial charge in [0.05, 0.1) is 27.7 Å². The van der Waals surface area contributed by atoms with Gasteiger partial charge in [-0.25, -0.2) is 23.2 Å². The molecule has 0 radical (unpaired) electrons. The second kappa shape index (κ2) is 17.0. The standard InChI is InChI=1S/C43H53N7O8S2/c51-38-35-22-29(57-39-37(45-32-13-8-9-14-33(32)46-39)36-21-18-30(59-36)24-44-27-16-17-27)25-50(35)40(52)34(47-42(54)58-28-11-6-7-12-28)15-5-3-1-2-4-10-26-23-43(26,48-38)41(53)49-60(55,56)31-19-20-31/h4,8-10,13-14,18,21,26-29,31,34-35,44H,1-3,5-7,11-12,15-17,19-20,22-25H2,(H,47,54)(H,48,51)(H,49,53)/b10-4-/t26?,29-,34+,35+,43-/m1/s1. The van der Waals surface area contributed by atoms with Gasteiger partial charge in [-0.3, -0.25) is 19.1 Å². The summed E-state index contributed by atoms with van der Waals surface area (Å²) in [6, 6.07) is 10.0. The molecule has 0 spiro atoms. The van der Waals surface area contributed by atoms with Crippen molar-refractivity contribution in [1.82, 2.24) is 35.5 Å². The molecular weight excluding hydrogens is 807 g/mol. The Morgan fingerprint density at radius 1 is 0.917 bits per heavy atom. The first-order chi connectivity index (χ1) is 29.0. The van der Waals surface area contributed by atoms with Gasteiger partial charge in [0.15, 0.2) is 0 Å². The lowest BCUT2D eigenvalue weighted by molar-refractivity contribution is -0.141. The van der Waals surface area contributed by atoms with Gasteiger partial charge >= 0.3 is 6.09 Å². The Kier molecular flexibility index (Phi) is 11.6. The van der Waals surface area contributed by atoms with Crippen LogP contribution in [0.15, 0.2) is 48.6 Å². The molecule has 5 atom stereocenters. The number of fused-ring (bicyclic) bond motifs is 3. The van der Waals surface area contributed by atoms with Gasteiger partial charge in [0.25, 0.3) is 5.91 Å². The van der Waals surface area contributed by atoms with Crippen molar-refractivity contribution < 1.29 is 37.1 Å². The summed E-state index contributed by atoms with van der Waals surface area (Å²) >= 11 is 1.60. The molecule has 5 fully saturated rings. The second-order valence-electron chi connectivity index (χ2n) is 17.3. The number of allylic oxidation sites excluding steroid dienone is 1.